The summed E-state index contributed by atoms with van der Waals surface area (Å²) in [5.41, 5.74) is 1.06. The predicted octanol–water partition coefficient (Wildman–Crippen LogP) is 4.22. The number of rotatable bonds is 4. The van der Waals surface area contributed by atoms with E-state index >= 15 is 0 Å². The molecule has 1 aromatic heterocycles. The zero-order chi connectivity index (χ0) is 20.4. The Morgan fingerprint density at radius 3 is 2.72 bits per heavy atom. The Morgan fingerprint density at radius 1 is 1.17 bits per heavy atom. The number of hydrogen-bond donors (Lipinski definition) is 2. The van der Waals surface area contributed by atoms with Gasteiger partial charge in [0.25, 0.3) is 5.91 Å². The molecule has 1 saturated heterocycles. The van der Waals surface area contributed by atoms with E-state index in [1.165, 1.54) is 12.1 Å². The van der Waals surface area contributed by atoms with E-state index in [1.54, 1.807) is 17.0 Å². The van der Waals surface area contributed by atoms with E-state index in [4.69, 9.17) is 4.74 Å². The molecule has 1 fully saturated rings. The number of carbonyl (C=O) groups excluding carboxylic acids is 1. The van der Waals surface area contributed by atoms with Gasteiger partial charge in [0.2, 0.25) is 0 Å². The van der Waals surface area contributed by atoms with Gasteiger partial charge >= 0.3 is 0 Å². The van der Waals surface area contributed by atoms with Gasteiger partial charge in [0.1, 0.15) is 17.3 Å². The van der Waals surface area contributed by atoms with Crippen LogP contribution in [0.15, 0.2) is 48.5 Å². The molecule has 1 aliphatic rings. The molecule has 0 spiro atoms. The van der Waals surface area contributed by atoms with Crippen molar-refractivity contribution in [3.05, 3.63) is 65.6 Å². The minimum absolute atomic E-state index is 0.0810. The van der Waals surface area contributed by atoms with E-state index in [-0.39, 0.29) is 11.7 Å². The first-order chi connectivity index (χ1) is 14.0. The summed E-state index contributed by atoms with van der Waals surface area (Å²) in [6, 6.07) is 13.5. The smallest absolute Gasteiger partial charge is 0.270 e. The van der Waals surface area contributed by atoms with E-state index in [1.807, 2.05) is 31.2 Å². The van der Waals surface area contributed by atoms with Gasteiger partial charge in [-0.05, 0) is 68.1 Å². The van der Waals surface area contributed by atoms with Crippen molar-refractivity contribution >= 4 is 16.8 Å². The van der Waals surface area contributed by atoms with Crippen LogP contribution in [0.2, 0.25) is 0 Å². The number of aliphatic hydroxyl groups is 1. The van der Waals surface area contributed by atoms with Crippen LogP contribution in [0.25, 0.3) is 10.9 Å². The average molecular weight is 396 g/mol. The summed E-state index contributed by atoms with van der Waals surface area (Å²) >= 11 is 0. The standard InChI is InChI=1S/C23H25FN2O3/c1-2-29-19-8-9-20-16(14-19)15-21(25-20)22(27)26-12-3-10-23(28,11-13-26)17-4-6-18(24)7-5-17/h4-9,14-15,25,28H,2-3,10-13H2,1H3. The zero-order valence-electron chi connectivity index (χ0n) is 16.5. The molecule has 3 aromatic rings. The molecule has 2 N–H and O–H groups in total. The number of halogens is 1. The third kappa shape index (κ3) is 3.98. The summed E-state index contributed by atoms with van der Waals surface area (Å²) in [5, 5.41) is 12.0. The van der Waals surface area contributed by atoms with Crippen LogP contribution in [-0.4, -0.2) is 40.6 Å². The summed E-state index contributed by atoms with van der Waals surface area (Å²) in [7, 11) is 0. The number of likely N-dealkylation sites (tertiary alicyclic amines) is 1. The van der Waals surface area contributed by atoms with Crippen molar-refractivity contribution in [1.82, 2.24) is 9.88 Å². The van der Waals surface area contributed by atoms with Crippen LogP contribution in [0.1, 0.15) is 42.2 Å². The summed E-state index contributed by atoms with van der Waals surface area (Å²) < 4.78 is 18.8. The van der Waals surface area contributed by atoms with Crippen LogP contribution < -0.4 is 4.74 Å². The summed E-state index contributed by atoms with van der Waals surface area (Å²) in [5.74, 6) is 0.369. The highest BCUT2D eigenvalue weighted by molar-refractivity contribution is 5.98. The van der Waals surface area contributed by atoms with Gasteiger partial charge in [-0.15, -0.1) is 0 Å². The van der Waals surface area contributed by atoms with E-state index in [9.17, 15) is 14.3 Å². The maximum atomic E-state index is 13.2. The molecule has 152 valence electrons. The fourth-order valence-corrected chi connectivity index (χ4v) is 4.02. The topological polar surface area (TPSA) is 65.6 Å². The van der Waals surface area contributed by atoms with Crippen LogP contribution in [0.4, 0.5) is 4.39 Å². The lowest BCUT2D eigenvalue weighted by molar-refractivity contribution is 0.0212. The lowest BCUT2D eigenvalue weighted by atomic mass is 9.87. The number of nitrogens with zero attached hydrogens (tertiary/aromatic N) is 1. The zero-order valence-corrected chi connectivity index (χ0v) is 16.5. The number of benzene rings is 2. The number of aromatic nitrogens is 1. The summed E-state index contributed by atoms with van der Waals surface area (Å²) in [6.07, 6.45) is 1.63. The van der Waals surface area contributed by atoms with Gasteiger partial charge in [-0.2, -0.15) is 0 Å². The first kappa shape index (κ1) is 19.5. The predicted molar refractivity (Wildman–Crippen MR) is 110 cm³/mol. The number of aromatic amines is 1. The number of hydrogen-bond acceptors (Lipinski definition) is 3. The number of ether oxygens (including phenoxy) is 1. The lowest BCUT2D eigenvalue weighted by Gasteiger charge is -2.27. The Kier molecular flexibility index (Phi) is 5.28. The minimum atomic E-state index is -1.05. The Hall–Kier alpha value is -2.86. The second-order valence-electron chi connectivity index (χ2n) is 7.55. The number of carbonyl (C=O) groups is 1. The quantitative estimate of drug-likeness (QED) is 0.694. The van der Waals surface area contributed by atoms with Crippen LogP contribution in [0.5, 0.6) is 5.75 Å². The van der Waals surface area contributed by atoms with Gasteiger partial charge in [-0.3, -0.25) is 4.79 Å². The highest BCUT2D eigenvalue weighted by Crippen LogP contribution is 2.33. The third-order valence-corrected chi connectivity index (χ3v) is 5.62. The van der Waals surface area contributed by atoms with Crippen LogP contribution in [0, 0.1) is 5.82 Å². The molecular weight excluding hydrogens is 371 g/mol. The van der Waals surface area contributed by atoms with E-state index in [2.05, 4.69) is 4.98 Å². The molecule has 0 saturated carbocycles. The second kappa shape index (κ2) is 7.87. The number of amides is 1. The highest BCUT2D eigenvalue weighted by atomic mass is 19.1. The molecule has 0 radical (unpaired) electrons. The fraction of sp³-hybridized carbons (Fsp3) is 0.348. The molecular formula is C23H25FN2O3. The van der Waals surface area contributed by atoms with Crippen molar-refractivity contribution < 1.29 is 19.0 Å². The van der Waals surface area contributed by atoms with Gasteiger partial charge in [-0.1, -0.05) is 12.1 Å². The van der Waals surface area contributed by atoms with Crippen LogP contribution >= 0.6 is 0 Å². The SMILES string of the molecule is CCOc1ccc2[nH]c(C(=O)N3CCCC(O)(c4ccc(F)cc4)CC3)cc2c1. The molecule has 2 heterocycles. The average Bonchev–Trinajstić information content (AvgIpc) is 3.03. The molecule has 1 unspecified atom stereocenters. The molecule has 4 rings (SSSR count). The molecule has 0 aliphatic carbocycles. The van der Waals surface area contributed by atoms with E-state index < -0.39 is 5.60 Å². The fourth-order valence-electron chi connectivity index (χ4n) is 4.02. The number of nitrogens with one attached hydrogen (secondary N) is 1. The molecule has 0 bridgehead atoms. The van der Waals surface area contributed by atoms with Crippen molar-refractivity contribution in [3.63, 3.8) is 0 Å². The maximum Gasteiger partial charge on any atom is 0.270 e. The van der Waals surface area contributed by atoms with Crippen molar-refractivity contribution in [3.8, 4) is 5.75 Å². The van der Waals surface area contributed by atoms with Crippen molar-refractivity contribution in [2.24, 2.45) is 0 Å². The van der Waals surface area contributed by atoms with Crippen molar-refractivity contribution in [1.29, 1.82) is 0 Å². The summed E-state index contributed by atoms with van der Waals surface area (Å²) in [6.45, 7) is 3.53. The Morgan fingerprint density at radius 2 is 1.97 bits per heavy atom. The first-order valence-electron chi connectivity index (χ1n) is 10.0. The van der Waals surface area contributed by atoms with Crippen molar-refractivity contribution in [2.45, 2.75) is 31.8 Å². The summed E-state index contributed by atoms with van der Waals surface area (Å²) in [4.78, 5) is 18.0. The number of fused-ring (bicyclic) bond motifs is 1. The monoisotopic (exact) mass is 396 g/mol. The molecule has 5 nitrogen and oxygen atoms in total. The molecule has 29 heavy (non-hydrogen) atoms. The normalized spacial score (nSPS) is 19.9. The molecule has 1 atom stereocenters. The van der Waals surface area contributed by atoms with Gasteiger partial charge < -0.3 is 19.7 Å². The van der Waals surface area contributed by atoms with Gasteiger partial charge in [0.15, 0.2) is 0 Å². The second-order valence-corrected chi connectivity index (χ2v) is 7.55. The van der Waals surface area contributed by atoms with Crippen LogP contribution in [-0.2, 0) is 5.60 Å². The Bertz CT molecular complexity index is 1010. The molecule has 1 amide bonds. The van der Waals surface area contributed by atoms with Crippen molar-refractivity contribution in [2.75, 3.05) is 19.7 Å². The van der Waals surface area contributed by atoms with Gasteiger partial charge in [-0.25, -0.2) is 4.39 Å². The van der Waals surface area contributed by atoms with Crippen LogP contribution in [0.3, 0.4) is 0 Å². The maximum absolute atomic E-state index is 13.2. The molecule has 1 aliphatic heterocycles. The van der Waals surface area contributed by atoms with E-state index in [0.29, 0.717) is 50.2 Å². The lowest BCUT2D eigenvalue weighted by Crippen LogP contribution is -2.33. The first-order valence-corrected chi connectivity index (χ1v) is 10.0. The Balaban J connectivity index is 1.51. The number of H-pyrrole nitrogens is 1. The van der Waals surface area contributed by atoms with Gasteiger partial charge in [0, 0.05) is 24.0 Å². The highest BCUT2D eigenvalue weighted by Gasteiger charge is 2.33. The molecule has 6 heteroatoms. The van der Waals surface area contributed by atoms with Gasteiger partial charge in [0.05, 0.1) is 12.2 Å². The Labute approximate surface area is 169 Å². The largest absolute Gasteiger partial charge is 0.494 e. The molecule has 2 aromatic carbocycles. The third-order valence-electron chi connectivity index (χ3n) is 5.62. The van der Waals surface area contributed by atoms with E-state index in [0.717, 1.165) is 16.7 Å². The minimum Gasteiger partial charge on any atom is -0.494 e.